The van der Waals surface area contributed by atoms with Crippen LogP contribution in [0.4, 0.5) is 5.69 Å². The maximum atomic E-state index is 12.1. The first-order valence-electron chi connectivity index (χ1n) is 5.65. The van der Waals surface area contributed by atoms with Crippen LogP contribution in [0.15, 0.2) is 23.4 Å². The predicted molar refractivity (Wildman–Crippen MR) is 68.5 cm³/mol. The van der Waals surface area contributed by atoms with Gasteiger partial charge in [-0.1, -0.05) is 13.3 Å². The van der Waals surface area contributed by atoms with Crippen molar-refractivity contribution in [3.05, 3.63) is 18.5 Å². The lowest BCUT2D eigenvalue weighted by Gasteiger charge is -2.15. The average molecular weight is 257 g/mol. The van der Waals surface area contributed by atoms with Crippen LogP contribution in [0.3, 0.4) is 0 Å². The Morgan fingerprint density at radius 2 is 2.18 bits per heavy atom. The van der Waals surface area contributed by atoms with Crippen molar-refractivity contribution in [2.45, 2.75) is 37.6 Å². The molecule has 6 heteroatoms. The topological polar surface area (TPSA) is 71.1 Å². The maximum Gasteiger partial charge on any atom is 0.244 e. The Morgan fingerprint density at radius 1 is 1.47 bits per heavy atom. The van der Waals surface area contributed by atoms with Crippen molar-refractivity contribution in [1.82, 2.24) is 9.71 Å². The van der Waals surface area contributed by atoms with Crippen molar-refractivity contribution in [3.8, 4) is 0 Å². The van der Waals surface area contributed by atoms with Crippen LogP contribution in [0.5, 0.6) is 0 Å². The van der Waals surface area contributed by atoms with Crippen molar-refractivity contribution in [1.29, 1.82) is 0 Å². The molecule has 0 aliphatic carbocycles. The highest BCUT2D eigenvalue weighted by Crippen LogP contribution is 2.19. The fourth-order valence-corrected chi connectivity index (χ4v) is 3.05. The van der Waals surface area contributed by atoms with E-state index in [1.165, 1.54) is 6.20 Å². The Morgan fingerprint density at radius 3 is 2.76 bits per heavy atom. The third kappa shape index (κ3) is 3.67. The first-order valence-corrected chi connectivity index (χ1v) is 7.13. The Bertz CT molecular complexity index is 460. The van der Waals surface area contributed by atoms with E-state index in [4.69, 9.17) is 0 Å². The molecule has 0 saturated carbocycles. The second-order valence-corrected chi connectivity index (χ2v) is 5.62. The summed E-state index contributed by atoms with van der Waals surface area (Å²) in [5, 5.41) is 2.85. The van der Waals surface area contributed by atoms with E-state index in [2.05, 4.69) is 15.0 Å². The summed E-state index contributed by atoms with van der Waals surface area (Å²) in [4.78, 5) is 4.04. The highest BCUT2D eigenvalue weighted by atomic mass is 32.2. The van der Waals surface area contributed by atoms with E-state index >= 15 is 0 Å². The minimum Gasteiger partial charge on any atom is -0.387 e. The summed E-state index contributed by atoms with van der Waals surface area (Å²) in [6, 6.07) is 1.56. The van der Waals surface area contributed by atoms with Crippen LogP contribution in [0.2, 0.25) is 0 Å². The van der Waals surface area contributed by atoms with Gasteiger partial charge in [-0.15, -0.1) is 0 Å². The van der Waals surface area contributed by atoms with Crippen molar-refractivity contribution >= 4 is 15.7 Å². The van der Waals surface area contributed by atoms with Gasteiger partial charge in [-0.3, -0.25) is 4.98 Å². The third-order valence-corrected chi connectivity index (χ3v) is 4.04. The van der Waals surface area contributed by atoms with E-state index in [1.54, 1.807) is 19.3 Å². The summed E-state index contributed by atoms with van der Waals surface area (Å²) >= 11 is 0. The lowest BCUT2D eigenvalue weighted by atomic mass is 10.2. The van der Waals surface area contributed by atoms with Crippen LogP contribution in [0.1, 0.15) is 26.7 Å². The van der Waals surface area contributed by atoms with Crippen LogP contribution in [0.25, 0.3) is 0 Å². The van der Waals surface area contributed by atoms with Gasteiger partial charge in [0.15, 0.2) is 0 Å². The van der Waals surface area contributed by atoms with Gasteiger partial charge >= 0.3 is 0 Å². The van der Waals surface area contributed by atoms with Crippen molar-refractivity contribution in [2.75, 3.05) is 12.4 Å². The first-order chi connectivity index (χ1) is 8.01. The number of hydrogen-bond acceptors (Lipinski definition) is 4. The molecule has 5 nitrogen and oxygen atoms in total. The average Bonchev–Trinajstić information content (AvgIpc) is 2.28. The Kier molecular flexibility index (Phi) is 4.89. The molecule has 1 rings (SSSR count). The summed E-state index contributed by atoms with van der Waals surface area (Å²) in [5.74, 6) is 0. The summed E-state index contributed by atoms with van der Waals surface area (Å²) in [5.41, 5.74) is 0.552. The zero-order valence-electron chi connectivity index (χ0n) is 10.4. The number of pyridine rings is 1. The normalized spacial score (nSPS) is 13.4. The number of rotatable bonds is 6. The largest absolute Gasteiger partial charge is 0.387 e. The molecule has 0 bridgehead atoms. The van der Waals surface area contributed by atoms with Gasteiger partial charge in [0.05, 0.1) is 5.69 Å². The van der Waals surface area contributed by atoms with Crippen LogP contribution in [-0.2, 0) is 10.0 Å². The summed E-state index contributed by atoms with van der Waals surface area (Å²) < 4.78 is 26.9. The molecule has 96 valence electrons. The second kappa shape index (κ2) is 5.97. The molecular weight excluding hydrogens is 238 g/mol. The van der Waals surface area contributed by atoms with E-state index < -0.39 is 10.0 Å². The molecule has 17 heavy (non-hydrogen) atoms. The Balaban J connectivity index is 2.97. The summed E-state index contributed by atoms with van der Waals surface area (Å²) in [6.45, 7) is 3.88. The number of anilines is 1. The third-order valence-electron chi connectivity index (χ3n) is 2.42. The van der Waals surface area contributed by atoms with Crippen molar-refractivity contribution < 1.29 is 8.42 Å². The molecule has 0 aromatic carbocycles. The molecule has 0 aliphatic heterocycles. The van der Waals surface area contributed by atoms with Gasteiger partial charge < -0.3 is 5.32 Å². The molecule has 0 saturated heterocycles. The van der Waals surface area contributed by atoms with E-state index in [-0.39, 0.29) is 10.9 Å². The molecule has 2 N–H and O–H groups in total. The lowest BCUT2D eigenvalue weighted by Crippen LogP contribution is -2.32. The maximum absolute atomic E-state index is 12.1. The van der Waals surface area contributed by atoms with Crippen LogP contribution < -0.4 is 10.0 Å². The molecule has 1 unspecified atom stereocenters. The minimum absolute atomic E-state index is 0.0742. The Labute approximate surface area is 103 Å². The fraction of sp³-hybridized carbons (Fsp3) is 0.545. The second-order valence-electron chi connectivity index (χ2n) is 3.93. The van der Waals surface area contributed by atoms with Gasteiger partial charge in [0, 0.05) is 25.5 Å². The smallest absolute Gasteiger partial charge is 0.244 e. The molecule has 0 fully saturated rings. The molecule has 1 heterocycles. The van der Waals surface area contributed by atoms with Crippen LogP contribution >= 0.6 is 0 Å². The SMILES string of the molecule is CCCC(C)NS(=O)(=O)c1cnccc1NC. The van der Waals surface area contributed by atoms with E-state index in [0.29, 0.717) is 5.69 Å². The highest BCUT2D eigenvalue weighted by Gasteiger charge is 2.20. The number of nitrogens with one attached hydrogen (secondary N) is 2. The van der Waals surface area contributed by atoms with E-state index in [0.717, 1.165) is 12.8 Å². The van der Waals surface area contributed by atoms with Gasteiger partial charge in [-0.05, 0) is 19.4 Å². The van der Waals surface area contributed by atoms with Crippen molar-refractivity contribution in [3.63, 3.8) is 0 Å². The van der Waals surface area contributed by atoms with E-state index in [1.807, 2.05) is 13.8 Å². The summed E-state index contributed by atoms with van der Waals surface area (Å²) in [7, 11) is -1.82. The van der Waals surface area contributed by atoms with Crippen LogP contribution in [0, 0.1) is 0 Å². The number of hydrogen-bond donors (Lipinski definition) is 2. The Hall–Kier alpha value is -1.14. The number of sulfonamides is 1. The molecule has 1 aromatic heterocycles. The lowest BCUT2D eigenvalue weighted by molar-refractivity contribution is 0.544. The molecule has 0 amide bonds. The first kappa shape index (κ1) is 13.9. The van der Waals surface area contributed by atoms with Gasteiger partial charge in [0.1, 0.15) is 4.90 Å². The minimum atomic E-state index is -3.50. The van der Waals surface area contributed by atoms with Gasteiger partial charge in [-0.2, -0.15) is 0 Å². The quantitative estimate of drug-likeness (QED) is 0.812. The molecule has 0 aliphatic rings. The summed E-state index contributed by atoms with van der Waals surface area (Å²) in [6.07, 6.45) is 4.66. The van der Waals surface area contributed by atoms with Gasteiger partial charge in [0.2, 0.25) is 10.0 Å². The molecule has 1 atom stereocenters. The van der Waals surface area contributed by atoms with Gasteiger partial charge in [-0.25, -0.2) is 13.1 Å². The molecule has 0 spiro atoms. The van der Waals surface area contributed by atoms with E-state index in [9.17, 15) is 8.42 Å². The monoisotopic (exact) mass is 257 g/mol. The zero-order valence-corrected chi connectivity index (χ0v) is 11.2. The standard InChI is InChI=1S/C11H19N3O2S/c1-4-5-9(2)14-17(15,16)11-8-13-7-6-10(11)12-3/h6-9,14H,4-5H2,1-3H3,(H,12,13). The highest BCUT2D eigenvalue weighted by molar-refractivity contribution is 7.89. The van der Waals surface area contributed by atoms with Gasteiger partial charge in [0.25, 0.3) is 0 Å². The van der Waals surface area contributed by atoms with Crippen LogP contribution in [-0.4, -0.2) is 26.5 Å². The molecule has 1 aromatic rings. The predicted octanol–water partition coefficient (Wildman–Crippen LogP) is 1.59. The number of aromatic nitrogens is 1. The zero-order chi connectivity index (χ0) is 12.9. The fourth-order valence-electron chi connectivity index (χ4n) is 1.62. The molecular formula is C11H19N3O2S. The van der Waals surface area contributed by atoms with Crippen molar-refractivity contribution in [2.24, 2.45) is 0 Å². The molecule has 0 radical (unpaired) electrons. The number of nitrogens with zero attached hydrogens (tertiary/aromatic N) is 1.